The Bertz CT molecular complexity index is 949. The Morgan fingerprint density at radius 2 is 1.96 bits per heavy atom. The number of aromatic nitrogens is 2. The van der Waals surface area contributed by atoms with E-state index in [0.717, 1.165) is 6.07 Å². The molecule has 0 aliphatic heterocycles. The van der Waals surface area contributed by atoms with Gasteiger partial charge in [0.25, 0.3) is 5.69 Å². The van der Waals surface area contributed by atoms with Gasteiger partial charge < -0.3 is 18.6 Å². The number of imidazole rings is 1. The summed E-state index contributed by atoms with van der Waals surface area (Å²) in [7, 11) is 2.72. The summed E-state index contributed by atoms with van der Waals surface area (Å²) in [4.78, 5) is 27.3. The highest BCUT2D eigenvalue weighted by Gasteiger charge is 2.26. The Hall–Kier alpha value is -3.62. The predicted octanol–water partition coefficient (Wildman–Crippen LogP) is 2.62. The fourth-order valence-corrected chi connectivity index (χ4v) is 2.46. The van der Waals surface area contributed by atoms with Gasteiger partial charge in [-0.25, -0.2) is 9.78 Å². The SMILES string of the molecule is COc1cc(C(=O)OCc2cn3ccccc3n2)c([N+](=O)[O-])cc1OC. The van der Waals surface area contributed by atoms with Crippen molar-refractivity contribution in [3.63, 3.8) is 0 Å². The molecule has 0 bridgehead atoms. The molecule has 0 radical (unpaired) electrons. The van der Waals surface area contributed by atoms with E-state index in [9.17, 15) is 14.9 Å². The van der Waals surface area contributed by atoms with Crippen molar-refractivity contribution >= 4 is 17.3 Å². The number of benzene rings is 1. The van der Waals surface area contributed by atoms with Gasteiger partial charge in [0.15, 0.2) is 11.5 Å². The fourth-order valence-electron chi connectivity index (χ4n) is 2.46. The van der Waals surface area contributed by atoms with Crippen molar-refractivity contribution in [2.75, 3.05) is 14.2 Å². The topological polar surface area (TPSA) is 105 Å². The van der Waals surface area contributed by atoms with Gasteiger partial charge in [0.1, 0.15) is 17.8 Å². The quantitative estimate of drug-likeness (QED) is 0.379. The number of esters is 1. The van der Waals surface area contributed by atoms with Crippen LogP contribution in [0.15, 0.2) is 42.7 Å². The lowest BCUT2D eigenvalue weighted by atomic mass is 10.1. The first-order valence-corrected chi connectivity index (χ1v) is 7.53. The molecule has 2 heterocycles. The highest BCUT2D eigenvalue weighted by Crippen LogP contribution is 2.34. The molecule has 0 aliphatic carbocycles. The number of hydrogen-bond donors (Lipinski definition) is 0. The number of hydrogen-bond acceptors (Lipinski definition) is 7. The maximum Gasteiger partial charge on any atom is 0.345 e. The molecule has 9 nitrogen and oxygen atoms in total. The molecule has 3 rings (SSSR count). The summed E-state index contributed by atoms with van der Waals surface area (Å²) in [6, 6.07) is 7.84. The van der Waals surface area contributed by atoms with Gasteiger partial charge in [-0.1, -0.05) is 6.07 Å². The van der Waals surface area contributed by atoms with Gasteiger partial charge in [-0.05, 0) is 12.1 Å². The second-order valence-corrected chi connectivity index (χ2v) is 5.26. The van der Waals surface area contributed by atoms with Crippen molar-refractivity contribution in [3.05, 3.63) is 64.1 Å². The molecular weight excluding hydrogens is 342 g/mol. The van der Waals surface area contributed by atoms with E-state index in [1.165, 1.54) is 20.3 Å². The number of methoxy groups -OCH3 is 2. The van der Waals surface area contributed by atoms with Gasteiger partial charge in [-0.15, -0.1) is 0 Å². The first-order chi connectivity index (χ1) is 12.5. The molecule has 0 saturated heterocycles. The third kappa shape index (κ3) is 3.27. The summed E-state index contributed by atoms with van der Waals surface area (Å²) in [6.45, 7) is -0.119. The zero-order chi connectivity index (χ0) is 18.7. The van der Waals surface area contributed by atoms with Gasteiger partial charge in [0, 0.05) is 18.5 Å². The smallest absolute Gasteiger partial charge is 0.345 e. The molecular formula is C17H15N3O6. The summed E-state index contributed by atoms with van der Waals surface area (Å²) < 4.78 is 17.1. The van der Waals surface area contributed by atoms with Gasteiger partial charge in [0.2, 0.25) is 0 Å². The number of ether oxygens (including phenoxy) is 3. The van der Waals surface area contributed by atoms with Crippen LogP contribution in [0.4, 0.5) is 5.69 Å². The van der Waals surface area contributed by atoms with E-state index in [0.29, 0.717) is 11.3 Å². The number of rotatable bonds is 6. The Labute approximate surface area is 147 Å². The van der Waals surface area contributed by atoms with Crippen LogP contribution in [0, 0.1) is 10.1 Å². The van der Waals surface area contributed by atoms with Crippen LogP contribution in [0.25, 0.3) is 5.65 Å². The van der Waals surface area contributed by atoms with E-state index in [-0.39, 0.29) is 23.7 Å². The maximum atomic E-state index is 12.4. The Kier molecular flexibility index (Phi) is 4.70. The standard InChI is InChI=1S/C17H15N3O6/c1-24-14-7-12(13(20(22)23)8-15(14)25-2)17(21)26-10-11-9-19-6-4-3-5-16(19)18-11/h3-9H,10H2,1-2H3. The summed E-state index contributed by atoms with van der Waals surface area (Å²) in [5, 5.41) is 11.3. The Balaban J connectivity index is 1.85. The molecule has 0 fully saturated rings. The lowest BCUT2D eigenvalue weighted by molar-refractivity contribution is -0.385. The monoisotopic (exact) mass is 357 g/mol. The molecule has 2 aromatic heterocycles. The third-order valence-corrected chi connectivity index (χ3v) is 3.68. The van der Waals surface area contributed by atoms with Crippen LogP contribution in [0.2, 0.25) is 0 Å². The van der Waals surface area contributed by atoms with Crippen LogP contribution in [-0.2, 0) is 11.3 Å². The zero-order valence-electron chi connectivity index (χ0n) is 14.0. The largest absolute Gasteiger partial charge is 0.493 e. The van der Waals surface area contributed by atoms with Crippen molar-refractivity contribution in [1.82, 2.24) is 9.38 Å². The van der Waals surface area contributed by atoms with Crippen LogP contribution < -0.4 is 9.47 Å². The first kappa shape index (κ1) is 17.2. The van der Waals surface area contributed by atoms with Crippen molar-refractivity contribution in [1.29, 1.82) is 0 Å². The van der Waals surface area contributed by atoms with Gasteiger partial charge >= 0.3 is 5.97 Å². The molecule has 0 saturated carbocycles. The Morgan fingerprint density at radius 1 is 1.23 bits per heavy atom. The highest BCUT2D eigenvalue weighted by atomic mass is 16.6. The minimum atomic E-state index is -0.852. The van der Waals surface area contributed by atoms with Gasteiger partial charge in [-0.2, -0.15) is 0 Å². The first-order valence-electron chi connectivity index (χ1n) is 7.53. The number of pyridine rings is 1. The lowest BCUT2D eigenvalue weighted by Gasteiger charge is -2.10. The summed E-state index contributed by atoms with van der Waals surface area (Å²) in [5.74, 6) is -0.511. The molecule has 26 heavy (non-hydrogen) atoms. The average molecular weight is 357 g/mol. The minimum absolute atomic E-state index is 0.119. The minimum Gasteiger partial charge on any atom is -0.493 e. The molecule has 1 aromatic carbocycles. The molecule has 3 aromatic rings. The molecule has 0 unspecified atom stereocenters. The summed E-state index contributed by atoms with van der Waals surface area (Å²) >= 11 is 0. The number of nitro groups is 1. The molecule has 134 valence electrons. The Morgan fingerprint density at radius 3 is 2.62 bits per heavy atom. The third-order valence-electron chi connectivity index (χ3n) is 3.68. The van der Waals surface area contributed by atoms with E-state index in [4.69, 9.17) is 14.2 Å². The van der Waals surface area contributed by atoms with Crippen molar-refractivity contribution < 1.29 is 23.9 Å². The van der Waals surface area contributed by atoms with E-state index in [1.807, 2.05) is 24.4 Å². The molecule has 0 N–H and O–H groups in total. The highest BCUT2D eigenvalue weighted by molar-refractivity contribution is 5.95. The number of carbonyl (C=O) groups is 1. The number of carbonyl (C=O) groups excluding carboxylic acids is 1. The van der Waals surface area contributed by atoms with Crippen LogP contribution in [0.1, 0.15) is 16.1 Å². The number of nitrogens with zero attached hydrogens (tertiary/aromatic N) is 3. The average Bonchev–Trinajstić information content (AvgIpc) is 3.07. The van der Waals surface area contributed by atoms with E-state index in [2.05, 4.69) is 4.98 Å². The van der Waals surface area contributed by atoms with Gasteiger partial charge in [0.05, 0.1) is 30.9 Å². The summed E-state index contributed by atoms with van der Waals surface area (Å²) in [6.07, 6.45) is 3.53. The fraction of sp³-hybridized carbons (Fsp3) is 0.176. The number of nitro benzene ring substituents is 1. The second kappa shape index (κ2) is 7.09. The molecule has 9 heteroatoms. The van der Waals surface area contributed by atoms with Crippen molar-refractivity contribution in [2.24, 2.45) is 0 Å². The van der Waals surface area contributed by atoms with Gasteiger partial charge in [-0.3, -0.25) is 10.1 Å². The van der Waals surface area contributed by atoms with E-state index < -0.39 is 16.6 Å². The lowest BCUT2D eigenvalue weighted by Crippen LogP contribution is -2.09. The maximum absolute atomic E-state index is 12.4. The zero-order valence-corrected chi connectivity index (χ0v) is 14.0. The second-order valence-electron chi connectivity index (χ2n) is 5.26. The van der Waals surface area contributed by atoms with Crippen LogP contribution >= 0.6 is 0 Å². The van der Waals surface area contributed by atoms with Crippen LogP contribution in [0.5, 0.6) is 11.5 Å². The number of fused-ring (bicyclic) bond motifs is 1. The van der Waals surface area contributed by atoms with Crippen molar-refractivity contribution in [2.45, 2.75) is 6.61 Å². The molecule has 0 spiro atoms. The molecule has 0 atom stereocenters. The molecule has 0 aliphatic rings. The normalized spacial score (nSPS) is 10.5. The van der Waals surface area contributed by atoms with E-state index in [1.54, 1.807) is 10.6 Å². The van der Waals surface area contributed by atoms with Crippen LogP contribution in [-0.4, -0.2) is 34.5 Å². The van der Waals surface area contributed by atoms with Crippen LogP contribution in [0.3, 0.4) is 0 Å². The summed E-state index contributed by atoms with van der Waals surface area (Å²) in [5.41, 5.74) is 0.572. The predicted molar refractivity (Wildman–Crippen MR) is 90.5 cm³/mol. The molecule has 0 amide bonds. The van der Waals surface area contributed by atoms with Crippen molar-refractivity contribution in [3.8, 4) is 11.5 Å². The van der Waals surface area contributed by atoms with E-state index >= 15 is 0 Å².